The van der Waals surface area contributed by atoms with Crippen molar-refractivity contribution in [2.75, 3.05) is 7.11 Å². The van der Waals surface area contributed by atoms with Gasteiger partial charge in [0.05, 0.1) is 34.6 Å². The van der Waals surface area contributed by atoms with Crippen LogP contribution < -0.4 is 16.0 Å². The van der Waals surface area contributed by atoms with Gasteiger partial charge in [-0.1, -0.05) is 47.5 Å². The third-order valence-electron chi connectivity index (χ3n) is 4.97. The highest BCUT2D eigenvalue weighted by Crippen LogP contribution is 2.40. The number of H-pyrrole nitrogens is 1. The lowest BCUT2D eigenvalue weighted by Crippen LogP contribution is -2.33. The van der Waals surface area contributed by atoms with E-state index < -0.39 is 11.2 Å². The van der Waals surface area contributed by atoms with Crippen LogP contribution in [-0.2, 0) is 0 Å². The Morgan fingerprint density at radius 3 is 2.68 bits per heavy atom. The van der Waals surface area contributed by atoms with Crippen LogP contribution in [0.15, 0.2) is 64.4 Å². The number of aromatic nitrogens is 3. The Morgan fingerprint density at radius 2 is 1.87 bits per heavy atom. The molecule has 0 fully saturated rings. The molecule has 0 aliphatic rings. The van der Waals surface area contributed by atoms with E-state index in [1.165, 1.54) is 24.6 Å². The van der Waals surface area contributed by atoms with Gasteiger partial charge in [-0.05, 0) is 18.2 Å². The number of fused-ring (bicyclic) bond motifs is 2. The van der Waals surface area contributed by atoms with Gasteiger partial charge in [0, 0.05) is 27.4 Å². The van der Waals surface area contributed by atoms with Gasteiger partial charge in [0.2, 0.25) is 0 Å². The fourth-order valence-electron chi connectivity index (χ4n) is 3.51. The maximum atomic E-state index is 13.3. The number of benzene rings is 2. The number of aromatic amines is 1. The number of halogens is 2. The minimum atomic E-state index is -0.542. The third kappa shape index (κ3) is 3.22. The van der Waals surface area contributed by atoms with E-state index in [2.05, 4.69) is 9.97 Å². The van der Waals surface area contributed by atoms with E-state index in [9.17, 15) is 9.59 Å². The number of rotatable bonds is 3. The van der Waals surface area contributed by atoms with E-state index in [1.807, 2.05) is 24.3 Å². The molecule has 0 saturated heterocycles. The Kier molecular flexibility index (Phi) is 4.81. The molecule has 0 spiro atoms. The number of thiophene rings is 1. The van der Waals surface area contributed by atoms with Crippen molar-refractivity contribution in [2.45, 2.75) is 0 Å². The minimum absolute atomic E-state index is 0.386. The van der Waals surface area contributed by atoms with E-state index in [0.29, 0.717) is 42.1 Å². The van der Waals surface area contributed by atoms with E-state index in [-0.39, 0.29) is 0 Å². The van der Waals surface area contributed by atoms with Crippen molar-refractivity contribution in [1.29, 1.82) is 0 Å². The Bertz CT molecular complexity index is 1600. The lowest BCUT2D eigenvalue weighted by Gasteiger charge is -2.07. The van der Waals surface area contributed by atoms with Crippen molar-refractivity contribution < 1.29 is 4.74 Å². The van der Waals surface area contributed by atoms with Gasteiger partial charge in [0.25, 0.3) is 5.56 Å². The zero-order chi connectivity index (χ0) is 21.7. The topological polar surface area (TPSA) is 77.0 Å². The van der Waals surface area contributed by atoms with Crippen molar-refractivity contribution in [2.24, 2.45) is 0 Å². The molecule has 0 bridgehead atoms. The Labute approximate surface area is 189 Å². The molecule has 0 unspecified atom stereocenters. The smallest absolute Gasteiger partial charge is 0.333 e. The summed E-state index contributed by atoms with van der Waals surface area (Å²) in [6.07, 6.45) is 3.20. The van der Waals surface area contributed by atoms with Gasteiger partial charge in [-0.25, -0.2) is 9.36 Å². The fourth-order valence-corrected chi connectivity index (χ4v) is 5.20. The molecule has 3 heterocycles. The lowest BCUT2D eigenvalue weighted by molar-refractivity contribution is 0.415. The number of methoxy groups -OCH3 is 1. The molecule has 0 aliphatic heterocycles. The quantitative estimate of drug-likeness (QED) is 0.390. The summed E-state index contributed by atoms with van der Waals surface area (Å²) in [4.78, 5) is 33.9. The predicted molar refractivity (Wildman–Crippen MR) is 125 cm³/mol. The fraction of sp³-hybridized carbons (Fsp3) is 0.0455. The van der Waals surface area contributed by atoms with Crippen molar-refractivity contribution in [3.63, 3.8) is 0 Å². The van der Waals surface area contributed by atoms with Crippen LogP contribution in [-0.4, -0.2) is 21.6 Å². The number of ether oxygens (including phenoxy) is 1. The van der Waals surface area contributed by atoms with Crippen molar-refractivity contribution >= 4 is 55.5 Å². The molecule has 154 valence electrons. The van der Waals surface area contributed by atoms with Crippen LogP contribution in [0.3, 0.4) is 0 Å². The number of hydrogen-bond donors (Lipinski definition) is 1. The monoisotopic (exact) mass is 469 g/mol. The highest BCUT2D eigenvalue weighted by Gasteiger charge is 2.18. The Hall–Kier alpha value is -3.13. The molecule has 3 aromatic heterocycles. The molecule has 0 radical (unpaired) electrons. The van der Waals surface area contributed by atoms with Gasteiger partial charge in [-0.3, -0.25) is 9.78 Å². The Morgan fingerprint density at radius 1 is 1.06 bits per heavy atom. The standard InChI is InChI=1S/C22H13Cl2N3O3S/c1-30-18-6-13(14(23)7-15(18)24)19-8-16-20(31-19)21(28)27(22(29)26-16)17-10-25-9-11-4-2-3-5-12(11)17/h2-10H,1H3,(H,26,29). The van der Waals surface area contributed by atoms with Gasteiger partial charge in [-0.15, -0.1) is 11.3 Å². The van der Waals surface area contributed by atoms with Crippen LogP contribution in [0.4, 0.5) is 0 Å². The number of nitrogens with zero attached hydrogens (tertiary/aromatic N) is 2. The van der Waals surface area contributed by atoms with Crippen LogP contribution in [0.1, 0.15) is 0 Å². The maximum Gasteiger partial charge on any atom is 0.333 e. The summed E-state index contributed by atoms with van der Waals surface area (Å²) in [6.45, 7) is 0. The molecule has 2 aromatic carbocycles. The first-order valence-corrected chi connectivity index (χ1v) is 10.7. The molecule has 5 aromatic rings. The summed E-state index contributed by atoms with van der Waals surface area (Å²) in [7, 11) is 1.51. The largest absolute Gasteiger partial charge is 0.495 e. The van der Waals surface area contributed by atoms with Gasteiger partial charge in [0.1, 0.15) is 10.4 Å². The zero-order valence-electron chi connectivity index (χ0n) is 16.0. The van der Waals surface area contributed by atoms with Gasteiger partial charge < -0.3 is 9.72 Å². The molecule has 9 heteroatoms. The summed E-state index contributed by atoms with van der Waals surface area (Å²) in [5.74, 6) is 0.464. The van der Waals surface area contributed by atoms with Gasteiger partial charge >= 0.3 is 5.69 Å². The number of hydrogen-bond acceptors (Lipinski definition) is 5. The number of pyridine rings is 1. The highest BCUT2D eigenvalue weighted by molar-refractivity contribution is 7.22. The molecule has 0 aliphatic carbocycles. The molecule has 1 N–H and O–H groups in total. The van der Waals surface area contributed by atoms with E-state index in [0.717, 1.165) is 15.3 Å². The molecule has 31 heavy (non-hydrogen) atoms. The van der Waals surface area contributed by atoms with Crippen LogP contribution in [0, 0.1) is 0 Å². The first kappa shape index (κ1) is 19.8. The second-order valence-electron chi connectivity index (χ2n) is 6.77. The molecule has 0 saturated carbocycles. The third-order valence-corrected chi connectivity index (χ3v) is 6.73. The van der Waals surface area contributed by atoms with E-state index in [4.69, 9.17) is 27.9 Å². The maximum absolute atomic E-state index is 13.3. The number of nitrogens with one attached hydrogen (secondary N) is 1. The van der Waals surface area contributed by atoms with Crippen LogP contribution in [0.5, 0.6) is 5.75 Å². The van der Waals surface area contributed by atoms with Gasteiger partial charge in [0.15, 0.2) is 0 Å². The molecule has 5 rings (SSSR count). The van der Waals surface area contributed by atoms with E-state index >= 15 is 0 Å². The zero-order valence-corrected chi connectivity index (χ0v) is 18.3. The summed E-state index contributed by atoms with van der Waals surface area (Å²) >= 11 is 13.8. The van der Waals surface area contributed by atoms with Crippen LogP contribution >= 0.6 is 34.5 Å². The normalized spacial score (nSPS) is 11.3. The molecule has 0 amide bonds. The lowest BCUT2D eigenvalue weighted by atomic mass is 10.1. The second-order valence-corrected chi connectivity index (χ2v) is 8.64. The minimum Gasteiger partial charge on any atom is -0.495 e. The van der Waals surface area contributed by atoms with Crippen molar-refractivity contribution in [3.8, 4) is 21.9 Å². The summed E-state index contributed by atoms with van der Waals surface area (Å²) in [5.41, 5.74) is 0.546. The summed E-state index contributed by atoms with van der Waals surface area (Å²) < 4.78 is 6.79. The first-order valence-electron chi connectivity index (χ1n) is 9.13. The molecule has 0 atom stereocenters. The molecule has 6 nitrogen and oxygen atoms in total. The van der Waals surface area contributed by atoms with E-state index in [1.54, 1.807) is 24.4 Å². The van der Waals surface area contributed by atoms with Crippen molar-refractivity contribution in [1.82, 2.24) is 14.5 Å². The Balaban J connectivity index is 1.77. The average molecular weight is 470 g/mol. The molecular formula is C22H13Cl2N3O3S. The summed E-state index contributed by atoms with van der Waals surface area (Å²) in [6, 6.07) is 12.5. The molecular weight excluding hydrogens is 457 g/mol. The van der Waals surface area contributed by atoms with Gasteiger partial charge in [-0.2, -0.15) is 0 Å². The average Bonchev–Trinajstić information content (AvgIpc) is 3.18. The van der Waals surface area contributed by atoms with Crippen LogP contribution in [0.25, 0.3) is 37.1 Å². The predicted octanol–water partition coefficient (Wildman–Crippen LogP) is 5.27. The summed E-state index contributed by atoms with van der Waals surface area (Å²) in [5, 5.41) is 2.39. The first-order chi connectivity index (χ1) is 15.0. The van der Waals surface area contributed by atoms with Crippen molar-refractivity contribution in [3.05, 3.63) is 85.7 Å². The second kappa shape index (κ2) is 7.53. The van der Waals surface area contributed by atoms with Crippen LogP contribution in [0.2, 0.25) is 10.0 Å². The highest BCUT2D eigenvalue weighted by atomic mass is 35.5. The SMILES string of the molecule is COc1cc(-c2cc3[nH]c(=O)n(-c4cncc5ccccc45)c(=O)c3s2)c(Cl)cc1Cl.